The Hall–Kier alpha value is -2.05. The molecule has 0 bridgehead atoms. The van der Waals surface area contributed by atoms with Crippen LogP contribution in [-0.4, -0.2) is 38.2 Å². The van der Waals surface area contributed by atoms with Crippen LogP contribution in [0.2, 0.25) is 10.0 Å². The van der Waals surface area contributed by atoms with Gasteiger partial charge in [-0.05, 0) is 68.2 Å². The van der Waals surface area contributed by atoms with Crippen LogP contribution in [0.25, 0.3) is 0 Å². The number of carboxylic acid groups (broad SMARTS) is 1. The summed E-state index contributed by atoms with van der Waals surface area (Å²) in [6, 6.07) is 5.46. The molecule has 1 saturated carbocycles. The Morgan fingerprint density at radius 3 is 2.61 bits per heavy atom. The van der Waals surface area contributed by atoms with Crippen molar-refractivity contribution in [1.29, 1.82) is 0 Å². The molecule has 1 N–H and O–H groups in total. The molecule has 1 fully saturated rings. The molecule has 2 heterocycles. The molecule has 1 aromatic heterocycles. The Morgan fingerprint density at radius 2 is 1.94 bits per heavy atom. The van der Waals surface area contributed by atoms with E-state index in [1.165, 1.54) is 5.56 Å². The minimum absolute atomic E-state index is 0.152. The first kappa shape index (κ1) is 22.2. The van der Waals surface area contributed by atoms with E-state index in [0.29, 0.717) is 48.9 Å². The van der Waals surface area contributed by atoms with Gasteiger partial charge in [-0.1, -0.05) is 29.3 Å². The van der Waals surface area contributed by atoms with Gasteiger partial charge in [0.2, 0.25) is 5.91 Å². The van der Waals surface area contributed by atoms with E-state index in [9.17, 15) is 9.59 Å². The number of amides is 1. The fourth-order valence-electron chi connectivity index (χ4n) is 4.82. The summed E-state index contributed by atoms with van der Waals surface area (Å²) in [5.41, 5.74) is 4.22. The maximum Gasteiger partial charge on any atom is 0.306 e. The van der Waals surface area contributed by atoms with Crippen molar-refractivity contribution in [3.8, 4) is 0 Å². The van der Waals surface area contributed by atoms with Gasteiger partial charge >= 0.3 is 5.97 Å². The molecule has 166 valence electrons. The summed E-state index contributed by atoms with van der Waals surface area (Å²) in [7, 11) is 0. The Morgan fingerprint density at radius 1 is 1.19 bits per heavy atom. The average Bonchev–Trinajstić information content (AvgIpc) is 3.05. The van der Waals surface area contributed by atoms with E-state index in [-0.39, 0.29) is 17.7 Å². The lowest BCUT2D eigenvalue weighted by Gasteiger charge is -2.31. The molecule has 1 aliphatic heterocycles. The van der Waals surface area contributed by atoms with Gasteiger partial charge in [-0.15, -0.1) is 0 Å². The van der Waals surface area contributed by atoms with E-state index < -0.39 is 5.97 Å². The Kier molecular flexibility index (Phi) is 6.58. The van der Waals surface area contributed by atoms with Crippen LogP contribution in [-0.2, 0) is 29.1 Å². The molecule has 1 aromatic carbocycles. The average molecular weight is 464 g/mol. The second-order valence-corrected chi connectivity index (χ2v) is 9.57. The molecular weight excluding hydrogens is 437 g/mol. The summed E-state index contributed by atoms with van der Waals surface area (Å²) >= 11 is 12.4. The van der Waals surface area contributed by atoms with Gasteiger partial charge < -0.3 is 10.0 Å². The Bertz CT molecular complexity index is 996. The van der Waals surface area contributed by atoms with Crippen molar-refractivity contribution in [3.05, 3.63) is 50.8 Å². The molecule has 2 aliphatic rings. The number of aliphatic carboxylic acids is 1. The molecule has 6 nitrogen and oxygen atoms in total. The first-order valence-corrected chi connectivity index (χ1v) is 11.6. The molecular formula is C23H27Cl2N3O3. The number of hydrogen-bond acceptors (Lipinski definition) is 3. The first-order valence-electron chi connectivity index (χ1n) is 10.8. The highest BCUT2D eigenvalue weighted by Gasteiger charge is 2.31. The minimum Gasteiger partial charge on any atom is -0.481 e. The zero-order chi connectivity index (χ0) is 22.1. The lowest BCUT2D eigenvalue weighted by molar-refractivity contribution is -0.143. The molecule has 2 aromatic rings. The molecule has 4 rings (SSSR count). The van der Waals surface area contributed by atoms with Crippen molar-refractivity contribution in [2.75, 3.05) is 6.54 Å². The molecule has 0 unspecified atom stereocenters. The standard InChI is InChI=1S/C23H27Cl2N3O3/c1-14-19-8-9-27(22(29)10-15-2-4-16(5-3-15)23(30)31)13-21(19)28(26-14)12-17-6-7-18(24)11-20(17)25/h6-7,11,15-16H,2-5,8-10,12-13H2,1H3,(H,30,31)/t15-,16+. The van der Waals surface area contributed by atoms with Crippen LogP contribution in [0.5, 0.6) is 0 Å². The van der Waals surface area contributed by atoms with Crippen LogP contribution in [0.1, 0.15) is 54.6 Å². The van der Waals surface area contributed by atoms with Gasteiger partial charge in [0.15, 0.2) is 0 Å². The second-order valence-electron chi connectivity index (χ2n) is 8.73. The third kappa shape index (κ3) is 4.90. The van der Waals surface area contributed by atoms with Gasteiger partial charge in [0, 0.05) is 23.0 Å². The van der Waals surface area contributed by atoms with E-state index in [0.717, 1.165) is 36.2 Å². The minimum atomic E-state index is -0.710. The lowest BCUT2D eigenvalue weighted by Crippen LogP contribution is -2.38. The predicted octanol–water partition coefficient (Wildman–Crippen LogP) is 4.71. The van der Waals surface area contributed by atoms with Gasteiger partial charge in [-0.2, -0.15) is 5.10 Å². The summed E-state index contributed by atoms with van der Waals surface area (Å²) in [5.74, 6) is -0.526. The molecule has 0 atom stereocenters. The van der Waals surface area contributed by atoms with Gasteiger partial charge in [-0.25, -0.2) is 0 Å². The third-order valence-electron chi connectivity index (χ3n) is 6.69. The fourth-order valence-corrected chi connectivity index (χ4v) is 5.29. The number of carboxylic acids is 1. The fraction of sp³-hybridized carbons (Fsp3) is 0.522. The molecule has 0 radical (unpaired) electrons. The monoisotopic (exact) mass is 463 g/mol. The number of benzene rings is 1. The van der Waals surface area contributed by atoms with Crippen LogP contribution in [0.3, 0.4) is 0 Å². The molecule has 0 spiro atoms. The maximum absolute atomic E-state index is 13.0. The normalized spacial score (nSPS) is 21.1. The summed E-state index contributed by atoms with van der Waals surface area (Å²) in [6.07, 6.45) is 4.27. The molecule has 1 aliphatic carbocycles. The van der Waals surface area contributed by atoms with E-state index in [4.69, 9.17) is 33.4 Å². The number of rotatable bonds is 5. The third-order valence-corrected chi connectivity index (χ3v) is 7.27. The van der Waals surface area contributed by atoms with E-state index in [2.05, 4.69) is 0 Å². The van der Waals surface area contributed by atoms with Crippen molar-refractivity contribution in [2.24, 2.45) is 11.8 Å². The SMILES string of the molecule is Cc1nn(Cc2ccc(Cl)cc2Cl)c2c1CCN(C(=O)C[C@H]1CC[C@@H](C(=O)O)CC1)C2. The van der Waals surface area contributed by atoms with E-state index in [1.54, 1.807) is 6.07 Å². The van der Waals surface area contributed by atoms with Crippen LogP contribution >= 0.6 is 23.2 Å². The number of fused-ring (bicyclic) bond motifs is 1. The topological polar surface area (TPSA) is 75.4 Å². The number of nitrogens with zero attached hydrogens (tertiary/aromatic N) is 3. The van der Waals surface area contributed by atoms with Crippen LogP contribution in [0, 0.1) is 18.8 Å². The van der Waals surface area contributed by atoms with Gasteiger partial charge in [0.25, 0.3) is 0 Å². The van der Waals surface area contributed by atoms with Gasteiger partial charge in [-0.3, -0.25) is 14.3 Å². The second kappa shape index (κ2) is 9.21. The van der Waals surface area contributed by atoms with Crippen molar-refractivity contribution in [3.63, 3.8) is 0 Å². The lowest BCUT2D eigenvalue weighted by atomic mass is 9.80. The Labute approximate surface area is 192 Å². The van der Waals surface area contributed by atoms with Crippen molar-refractivity contribution < 1.29 is 14.7 Å². The maximum atomic E-state index is 13.0. The number of aryl methyl sites for hydroxylation is 1. The number of carbonyl (C=O) groups excluding carboxylic acids is 1. The number of hydrogen-bond donors (Lipinski definition) is 1. The summed E-state index contributed by atoms with van der Waals surface area (Å²) in [5, 5.41) is 15.1. The first-order chi connectivity index (χ1) is 14.8. The largest absolute Gasteiger partial charge is 0.481 e. The zero-order valence-electron chi connectivity index (χ0n) is 17.6. The van der Waals surface area contributed by atoms with E-state index >= 15 is 0 Å². The van der Waals surface area contributed by atoms with Crippen LogP contribution in [0.15, 0.2) is 18.2 Å². The Balaban J connectivity index is 1.43. The zero-order valence-corrected chi connectivity index (χ0v) is 19.1. The molecule has 1 amide bonds. The van der Waals surface area contributed by atoms with Gasteiger partial charge in [0.1, 0.15) is 0 Å². The number of aromatic nitrogens is 2. The molecule has 0 saturated heterocycles. The van der Waals surface area contributed by atoms with E-state index in [1.807, 2.05) is 28.6 Å². The van der Waals surface area contributed by atoms with Crippen LogP contribution < -0.4 is 0 Å². The smallest absolute Gasteiger partial charge is 0.306 e. The van der Waals surface area contributed by atoms with Crippen LogP contribution in [0.4, 0.5) is 0 Å². The summed E-state index contributed by atoms with van der Waals surface area (Å²) in [6.45, 7) is 3.79. The van der Waals surface area contributed by atoms with Crippen molar-refractivity contribution >= 4 is 35.1 Å². The van der Waals surface area contributed by atoms with Gasteiger partial charge in [0.05, 0.1) is 30.4 Å². The molecule has 8 heteroatoms. The summed E-state index contributed by atoms with van der Waals surface area (Å²) in [4.78, 5) is 26.1. The highest BCUT2D eigenvalue weighted by molar-refractivity contribution is 6.35. The number of carbonyl (C=O) groups is 2. The predicted molar refractivity (Wildman–Crippen MR) is 119 cm³/mol. The highest BCUT2D eigenvalue weighted by Crippen LogP contribution is 2.32. The van der Waals surface area contributed by atoms with Crippen molar-refractivity contribution in [2.45, 2.75) is 58.5 Å². The quantitative estimate of drug-likeness (QED) is 0.696. The number of halogens is 2. The van der Waals surface area contributed by atoms with Crippen molar-refractivity contribution in [1.82, 2.24) is 14.7 Å². The summed E-state index contributed by atoms with van der Waals surface area (Å²) < 4.78 is 1.96. The molecule has 31 heavy (non-hydrogen) atoms. The highest BCUT2D eigenvalue weighted by atomic mass is 35.5.